The van der Waals surface area contributed by atoms with Gasteiger partial charge in [-0.3, -0.25) is 0 Å². The van der Waals surface area contributed by atoms with Crippen molar-refractivity contribution in [1.82, 2.24) is 0 Å². The average molecular weight is 670 g/mol. The van der Waals surface area contributed by atoms with Crippen LogP contribution in [0.15, 0.2) is 109 Å². The minimum absolute atomic E-state index is 0.204. The Kier molecular flexibility index (Phi) is 11.2. The maximum absolute atomic E-state index is 2.35. The largest absolute Gasteiger partial charge is 0.165 e. The molecule has 0 nitrogen and oxygen atoms in total. The molecule has 0 unspecified atom stereocenters. The Morgan fingerprint density at radius 3 is 1.40 bits per heavy atom. The van der Waals surface area contributed by atoms with Gasteiger partial charge in [-0.2, -0.15) is 12.1 Å². The zero-order valence-electron chi connectivity index (χ0n) is 29.0. The van der Waals surface area contributed by atoms with Crippen LogP contribution in [0.5, 0.6) is 0 Å². The van der Waals surface area contributed by atoms with Crippen molar-refractivity contribution in [1.29, 1.82) is 0 Å². The van der Waals surface area contributed by atoms with Crippen molar-refractivity contribution in [2.24, 2.45) is 0 Å². The van der Waals surface area contributed by atoms with E-state index in [1.807, 2.05) is 6.92 Å². The molecule has 0 aromatic heterocycles. The molecular weight excluding hydrogens is 620 g/mol. The van der Waals surface area contributed by atoms with Crippen LogP contribution in [0.3, 0.4) is 0 Å². The number of hydrogen-bond donors (Lipinski definition) is 0. The van der Waals surface area contributed by atoms with E-state index < -0.39 is 0 Å². The number of fused-ring (bicyclic) bond motifs is 2. The van der Waals surface area contributed by atoms with E-state index in [0.29, 0.717) is 5.92 Å². The molecule has 0 bridgehead atoms. The normalized spacial score (nSPS) is 11.7. The molecule has 230 valence electrons. The molecule has 0 aliphatic rings. The van der Waals surface area contributed by atoms with Crippen molar-refractivity contribution in [2.75, 3.05) is 0 Å². The molecule has 6 aromatic rings. The van der Waals surface area contributed by atoms with Crippen LogP contribution in [0.1, 0.15) is 90.5 Å². The van der Waals surface area contributed by atoms with Gasteiger partial charge in [-0.05, 0) is 39.0 Å². The number of rotatable bonds is 3. The van der Waals surface area contributed by atoms with E-state index in [1.54, 1.807) is 0 Å². The van der Waals surface area contributed by atoms with E-state index in [2.05, 4.69) is 175 Å². The van der Waals surface area contributed by atoms with Crippen LogP contribution < -0.4 is 0 Å². The molecule has 0 fully saturated rings. The van der Waals surface area contributed by atoms with Gasteiger partial charge in [-0.1, -0.05) is 134 Å². The van der Waals surface area contributed by atoms with Crippen LogP contribution in [0, 0.1) is 6.92 Å². The Hall–Kier alpha value is -3.15. The SMILES string of the molecule is CC(C)c1cc2c(-c3ccc(C(C)(C)C)cc3)cccc2[cH-]1.C[CH]=[Zr+2].Cc1cc2c(-c3ccc(C(C)(C)C)cc3)cccc2[cH-]1. The topological polar surface area (TPSA) is 0 Å². The third kappa shape index (κ3) is 8.57. The van der Waals surface area contributed by atoms with Crippen molar-refractivity contribution in [3.8, 4) is 22.3 Å². The minimum Gasteiger partial charge on any atom is -0.165 e. The van der Waals surface area contributed by atoms with E-state index in [1.165, 1.54) is 90.3 Å². The average Bonchev–Trinajstić information content (AvgIpc) is 3.60. The van der Waals surface area contributed by atoms with Crippen LogP contribution in [0.25, 0.3) is 43.8 Å². The summed E-state index contributed by atoms with van der Waals surface area (Å²) in [7, 11) is 0. The maximum atomic E-state index is 2.35. The third-order valence-corrected chi connectivity index (χ3v) is 8.46. The Labute approximate surface area is 287 Å². The fourth-order valence-electron chi connectivity index (χ4n) is 5.78. The van der Waals surface area contributed by atoms with E-state index in [9.17, 15) is 0 Å². The van der Waals surface area contributed by atoms with Crippen molar-refractivity contribution < 1.29 is 24.2 Å². The Bertz CT molecular complexity index is 1840. The fourth-order valence-corrected chi connectivity index (χ4v) is 5.78. The first-order valence-corrected chi connectivity index (χ1v) is 17.7. The zero-order chi connectivity index (χ0) is 32.9. The smallest absolute Gasteiger partial charge is 0.0132 e. The van der Waals surface area contributed by atoms with Crippen LogP contribution >= 0.6 is 0 Å². The van der Waals surface area contributed by atoms with Crippen LogP contribution in [-0.2, 0) is 35.1 Å². The quantitative estimate of drug-likeness (QED) is 0.165. The van der Waals surface area contributed by atoms with Crippen LogP contribution in [0.2, 0.25) is 0 Å². The predicted octanol–water partition coefficient (Wildman–Crippen LogP) is 12.8. The van der Waals surface area contributed by atoms with E-state index in [0.717, 1.165) is 0 Å². The van der Waals surface area contributed by atoms with Gasteiger partial charge >= 0.3 is 34.9 Å². The van der Waals surface area contributed by atoms with Gasteiger partial charge in [0, 0.05) is 0 Å². The zero-order valence-corrected chi connectivity index (χ0v) is 31.5. The van der Waals surface area contributed by atoms with Gasteiger partial charge in [0.25, 0.3) is 0 Å². The van der Waals surface area contributed by atoms with Gasteiger partial charge < -0.3 is 0 Å². The molecule has 6 aromatic carbocycles. The standard InChI is InChI=1S/C22H25.C20H21.C2H4.Zr/c1-15(2)18-13-17-7-6-8-20(21(17)14-18)16-9-11-19(12-10-16)22(3,4)5;1-14-12-16-6-5-7-18(19(16)13-14)15-8-10-17(11-9-15)20(2,3)4;1-2;/h6-15H,1-5H3;5-13H,1-4H3;1H,2H3;/q2*-1;;+2. The van der Waals surface area contributed by atoms with Crippen LogP contribution in [0.4, 0.5) is 0 Å². The second-order valence-electron chi connectivity index (χ2n) is 14.5. The van der Waals surface area contributed by atoms with Gasteiger partial charge in [0.2, 0.25) is 0 Å². The van der Waals surface area contributed by atoms with E-state index in [-0.39, 0.29) is 10.8 Å². The summed E-state index contributed by atoms with van der Waals surface area (Å²) in [5, 5.41) is 5.41. The van der Waals surface area contributed by atoms with Gasteiger partial charge in [-0.15, -0.1) is 69.1 Å². The second-order valence-corrected chi connectivity index (χ2v) is 16.0. The van der Waals surface area contributed by atoms with Crippen molar-refractivity contribution >= 4 is 25.3 Å². The molecule has 0 radical (unpaired) electrons. The van der Waals surface area contributed by atoms with E-state index >= 15 is 0 Å². The molecule has 45 heavy (non-hydrogen) atoms. The van der Waals surface area contributed by atoms with Gasteiger partial charge in [0.15, 0.2) is 0 Å². The Balaban J connectivity index is 0.000000189. The summed E-state index contributed by atoms with van der Waals surface area (Å²) in [5.41, 5.74) is 11.2. The van der Waals surface area contributed by atoms with Gasteiger partial charge in [0.1, 0.15) is 0 Å². The second kappa shape index (κ2) is 14.5. The minimum atomic E-state index is 0.204. The molecule has 6 rings (SSSR count). The molecule has 0 aliphatic heterocycles. The molecule has 0 heterocycles. The Morgan fingerprint density at radius 2 is 1.00 bits per heavy atom. The molecule has 0 saturated carbocycles. The first-order valence-electron chi connectivity index (χ1n) is 16.2. The maximum Gasteiger partial charge on any atom is -0.0132 e. The number of hydrogen-bond acceptors (Lipinski definition) is 0. The summed E-state index contributed by atoms with van der Waals surface area (Å²) in [5.74, 6) is 0.573. The van der Waals surface area contributed by atoms with Gasteiger partial charge in [-0.25, -0.2) is 0 Å². The summed E-state index contributed by atoms with van der Waals surface area (Å²) in [6.45, 7) is 22.2. The third-order valence-electron chi connectivity index (χ3n) is 8.46. The predicted molar refractivity (Wildman–Crippen MR) is 198 cm³/mol. The first kappa shape index (κ1) is 34.7. The monoisotopic (exact) mass is 668 g/mol. The molecule has 0 aliphatic carbocycles. The van der Waals surface area contributed by atoms with Crippen molar-refractivity contribution in [3.63, 3.8) is 0 Å². The van der Waals surface area contributed by atoms with E-state index in [4.69, 9.17) is 0 Å². The molecule has 0 spiro atoms. The molecule has 0 amide bonds. The first-order chi connectivity index (χ1) is 21.2. The van der Waals surface area contributed by atoms with Crippen LogP contribution in [-0.4, -0.2) is 3.71 Å². The molecule has 0 atom stereocenters. The molecule has 1 heteroatoms. The molecular formula is C44H50Zr. The summed E-state index contributed by atoms with van der Waals surface area (Å²) in [6.07, 6.45) is 0. The molecule has 0 N–H and O–H groups in total. The summed E-state index contributed by atoms with van der Waals surface area (Å²) < 4.78 is 2.09. The number of aryl methyl sites for hydroxylation is 1. The van der Waals surface area contributed by atoms with Gasteiger partial charge in [0.05, 0.1) is 0 Å². The number of benzene rings is 4. The summed E-state index contributed by atoms with van der Waals surface area (Å²) in [6, 6.07) is 40.4. The molecule has 0 saturated heterocycles. The van der Waals surface area contributed by atoms with Crippen molar-refractivity contribution in [3.05, 3.63) is 131 Å². The summed E-state index contributed by atoms with van der Waals surface area (Å²) in [4.78, 5) is 0. The Morgan fingerprint density at radius 1 is 0.600 bits per heavy atom. The van der Waals surface area contributed by atoms with Crippen molar-refractivity contribution in [2.45, 2.75) is 86.0 Å². The summed E-state index contributed by atoms with van der Waals surface area (Å²) >= 11 is 1.51. The fraction of sp³-hybridized carbons (Fsp3) is 0.295.